The van der Waals surface area contributed by atoms with Gasteiger partial charge in [0.25, 0.3) is 5.91 Å². The second-order valence-corrected chi connectivity index (χ2v) is 7.02. The Morgan fingerprint density at radius 3 is 2.50 bits per heavy atom. The average molecular weight is 360 g/mol. The molecule has 1 saturated carbocycles. The standard InChI is InChI=1S/C19H22BrNO/c20-12-11-14-5-9-18(10-6-14)21-19(22)17-8-7-15-3-1-2-4-16(15)13-17/h1-4,7-8,13-14,18H,5-6,9-12H2,(H,21,22)/t14-,18-. The minimum atomic E-state index is 0.0645. The van der Waals surface area contributed by atoms with E-state index in [0.717, 1.165) is 35.0 Å². The maximum absolute atomic E-state index is 12.4. The maximum Gasteiger partial charge on any atom is 0.251 e. The van der Waals surface area contributed by atoms with E-state index in [1.807, 2.05) is 30.3 Å². The summed E-state index contributed by atoms with van der Waals surface area (Å²) in [5.41, 5.74) is 0.765. The predicted molar refractivity (Wildman–Crippen MR) is 95.6 cm³/mol. The minimum absolute atomic E-state index is 0.0645. The summed E-state index contributed by atoms with van der Waals surface area (Å²) in [7, 11) is 0. The van der Waals surface area contributed by atoms with Crippen LogP contribution < -0.4 is 5.32 Å². The minimum Gasteiger partial charge on any atom is -0.349 e. The molecule has 0 atom stereocenters. The van der Waals surface area contributed by atoms with Crippen molar-refractivity contribution >= 4 is 32.6 Å². The fraction of sp³-hybridized carbons (Fsp3) is 0.421. The van der Waals surface area contributed by atoms with Crippen molar-refractivity contribution in [3.05, 3.63) is 48.0 Å². The van der Waals surface area contributed by atoms with Gasteiger partial charge in [-0.05, 0) is 60.9 Å². The Morgan fingerprint density at radius 1 is 1.05 bits per heavy atom. The van der Waals surface area contributed by atoms with E-state index in [0.29, 0.717) is 6.04 Å². The first-order chi connectivity index (χ1) is 10.8. The second kappa shape index (κ2) is 7.28. The highest BCUT2D eigenvalue weighted by molar-refractivity contribution is 9.09. The SMILES string of the molecule is O=C(N[C@H]1CC[C@H](CCBr)CC1)c1ccc2ccccc2c1. The first-order valence-electron chi connectivity index (χ1n) is 8.12. The van der Waals surface area contributed by atoms with E-state index in [9.17, 15) is 4.79 Å². The molecule has 0 saturated heterocycles. The van der Waals surface area contributed by atoms with Gasteiger partial charge >= 0.3 is 0 Å². The molecule has 1 aliphatic carbocycles. The Kier molecular flexibility index (Phi) is 5.14. The van der Waals surface area contributed by atoms with Crippen molar-refractivity contribution in [2.45, 2.75) is 38.1 Å². The normalized spacial score (nSPS) is 21.7. The molecule has 0 heterocycles. The monoisotopic (exact) mass is 359 g/mol. The van der Waals surface area contributed by atoms with Crippen LogP contribution in [0.3, 0.4) is 0 Å². The molecule has 1 amide bonds. The summed E-state index contributed by atoms with van der Waals surface area (Å²) in [6, 6.07) is 14.4. The molecule has 2 aromatic rings. The molecule has 1 N–H and O–H groups in total. The van der Waals surface area contributed by atoms with Gasteiger partial charge in [0, 0.05) is 16.9 Å². The lowest BCUT2D eigenvalue weighted by Gasteiger charge is -2.28. The average Bonchev–Trinajstić information content (AvgIpc) is 2.56. The van der Waals surface area contributed by atoms with Crippen molar-refractivity contribution in [3.63, 3.8) is 0 Å². The number of benzene rings is 2. The Bertz CT molecular complexity index is 647. The highest BCUT2D eigenvalue weighted by atomic mass is 79.9. The molecule has 0 aliphatic heterocycles. The fourth-order valence-electron chi connectivity index (χ4n) is 3.35. The largest absolute Gasteiger partial charge is 0.349 e. The van der Waals surface area contributed by atoms with Crippen LogP contribution in [0.4, 0.5) is 0 Å². The van der Waals surface area contributed by atoms with Gasteiger partial charge in [0.1, 0.15) is 0 Å². The Labute approximate surface area is 140 Å². The fourth-order valence-corrected chi connectivity index (χ4v) is 4.00. The van der Waals surface area contributed by atoms with E-state index in [4.69, 9.17) is 0 Å². The summed E-state index contributed by atoms with van der Waals surface area (Å²) in [6.07, 6.45) is 5.93. The molecule has 0 radical (unpaired) electrons. The van der Waals surface area contributed by atoms with Crippen molar-refractivity contribution in [3.8, 4) is 0 Å². The number of hydrogen-bond donors (Lipinski definition) is 1. The molecular formula is C19H22BrNO. The number of rotatable bonds is 4. The predicted octanol–water partition coefficient (Wildman–Crippen LogP) is 4.91. The number of halogens is 1. The number of hydrogen-bond acceptors (Lipinski definition) is 1. The highest BCUT2D eigenvalue weighted by Gasteiger charge is 2.22. The zero-order valence-electron chi connectivity index (χ0n) is 12.7. The van der Waals surface area contributed by atoms with Gasteiger partial charge in [-0.3, -0.25) is 4.79 Å². The Balaban J connectivity index is 1.61. The number of amides is 1. The maximum atomic E-state index is 12.4. The van der Waals surface area contributed by atoms with E-state index in [1.165, 1.54) is 24.6 Å². The zero-order chi connectivity index (χ0) is 15.4. The first-order valence-corrected chi connectivity index (χ1v) is 9.24. The van der Waals surface area contributed by atoms with E-state index in [1.54, 1.807) is 0 Å². The van der Waals surface area contributed by atoms with Gasteiger partial charge < -0.3 is 5.32 Å². The molecule has 116 valence electrons. The Morgan fingerprint density at radius 2 is 1.77 bits per heavy atom. The van der Waals surface area contributed by atoms with Gasteiger partial charge in [-0.25, -0.2) is 0 Å². The van der Waals surface area contributed by atoms with E-state index >= 15 is 0 Å². The van der Waals surface area contributed by atoms with E-state index < -0.39 is 0 Å². The quantitative estimate of drug-likeness (QED) is 0.771. The molecule has 1 fully saturated rings. The molecule has 3 rings (SSSR count). The first kappa shape index (κ1) is 15.5. The molecule has 0 bridgehead atoms. The third kappa shape index (κ3) is 3.70. The van der Waals surface area contributed by atoms with Crippen LogP contribution in [-0.4, -0.2) is 17.3 Å². The molecule has 2 nitrogen and oxygen atoms in total. The van der Waals surface area contributed by atoms with Crippen molar-refractivity contribution in [1.82, 2.24) is 5.32 Å². The summed E-state index contributed by atoms with van der Waals surface area (Å²) < 4.78 is 0. The molecule has 3 heteroatoms. The van der Waals surface area contributed by atoms with Crippen LogP contribution in [0.2, 0.25) is 0 Å². The van der Waals surface area contributed by atoms with E-state index in [-0.39, 0.29) is 5.91 Å². The van der Waals surface area contributed by atoms with Crippen molar-refractivity contribution in [1.29, 1.82) is 0 Å². The molecular weight excluding hydrogens is 338 g/mol. The van der Waals surface area contributed by atoms with Crippen molar-refractivity contribution in [2.75, 3.05) is 5.33 Å². The van der Waals surface area contributed by atoms with Crippen LogP contribution in [0.5, 0.6) is 0 Å². The summed E-state index contributed by atoms with van der Waals surface area (Å²) in [4.78, 5) is 12.4. The molecule has 0 aromatic heterocycles. The molecule has 22 heavy (non-hydrogen) atoms. The molecule has 1 aliphatic rings. The third-order valence-corrected chi connectivity index (χ3v) is 5.17. The zero-order valence-corrected chi connectivity index (χ0v) is 14.3. The summed E-state index contributed by atoms with van der Waals surface area (Å²) in [6.45, 7) is 0. The van der Waals surface area contributed by atoms with Crippen molar-refractivity contribution < 1.29 is 4.79 Å². The number of carbonyl (C=O) groups excluding carboxylic acids is 1. The van der Waals surface area contributed by atoms with Gasteiger partial charge in [-0.1, -0.05) is 46.3 Å². The van der Waals surface area contributed by atoms with Gasteiger partial charge in [0.2, 0.25) is 0 Å². The van der Waals surface area contributed by atoms with Crippen LogP contribution in [0.15, 0.2) is 42.5 Å². The lowest BCUT2D eigenvalue weighted by molar-refractivity contribution is 0.0922. The number of fused-ring (bicyclic) bond motifs is 1. The van der Waals surface area contributed by atoms with Crippen LogP contribution >= 0.6 is 15.9 Å². The van der Waals surface area contributed by atoms with Crippen LogP contribution in [-0.2, 0) is 0 Å². The van der Waals surface area contributed by atoms with Gasteiger partial charge in [0.15, 0.2) is 0 Å². The lowest BCUT2D eigenvalue weighted by Crippen LogP contribution is -2.37. The van der Waals surface area contributed by atoms with Gasteiger partial charge in [-0.15, -0.1) is 0 Å². The van der Waals surface area contributed by atoms with Crippen LogP contribution in [0.1, 0.15) is 42.5 Å². The topological polar surface area (TPSA) is 29.1 Å². The van der Waals surface area contributed by atoms with Crippen LogP contribution in [0, 0.1) is 5.92 Å². The Hall–Kier alpha value is -1.35. The molecule has 2 aromatic carbocycles. The van der Waals surface area contributed by atoms with Crippen molar-refractivity contribution in [2.24, 2.45) is 5.92 Å². The molecule has 0 spiro atoms. The summed E-state index contributed by atoms with van der Waals surface area (Å²) in [5, 5.41) is 6.60. The van der Waals surface area contributed by atoms with E-state index in [2.05, 4.69) is 33.4 Å². The summed E-state index contributed by atoms with van der Waals surface area (Å²) >= 11 is 3.52. The van der Waals surface area contributed by atoms with Gasteiger partial charge in [-0.2, -0.15) is 0 Å². The number of carbonyl (C=O) groups is 1. The van der Waals surface area contributed by atoms with Crippen LogP contribution in [0.25, 0.3) is 10.8 Å². The second-order valence-electron chi connectivity index (χ2n) is 6.23. The van der Waals surface area contributed by atoms with Gasteiger partial charge in [0.05, 0.1) is 0 Å². The number of nitrogens with one attached hydrogen (secondary N) is 1. The highest BCUT2D eigenvalue weighted by Crippen LogP contribution is 2.27. The summed E-state index contributed by atoms with van der Waals surface area (Å²) in [5.74, 6) is 0.892. The smallest absolute Gasteiger partial charge is 0.251 e. The molecule has 0 unspecified atom stereocenters. The third-order valence-electron chi connectivity index (χ3n) is 4.71. The lowest BCUT2D eigenvalue weighted by atomic mass is 9.84. The number of alkyl halides is 1.